The van der Waals surface area contributed by atoms with Crippen LogP contribution in [0.2, 0.25) is 0 Å². The molecule has 1 saturated heterocycles. The average molecular weight is 388 g/mol. The van der Waals surface area contributed by atoms with Gasteiger partial charge in [-0.05, 0) is 61.2 Å². The van der Waals surface area contributed by atoms with E-state index in [0.717, 1.165) is 23.2 Å². The molecule has 0 bridgehead atoms. The van der Waals surface area contributed by atoms with Crippen molar-refractivity contribution >= 4 is 12.0 Å². The van der Waals surface area contributed by atoms with Gasteiger partial charge in [0.15, 0.2) is 0 Å². The molecule has 0 spiro atoms. The van der Waals surface area contributed by atoms with E-state index >= 15 is 0 Å². The summed E-state index contributed by atoms with van der Waals surface area (Å²) in [5, 5.41) is 0. The highest BCUT2D eigenvalue weighted by Crippen LogP contribution is 2.38. The second-order valence-corrected chi connectivity index (χ2v) is 7.30. The lowest BCUT2D eigenvalue weighted by Gasteiger charge is -2.42. The van der Waals surface area contributed by atoms with Crippen molar-refractivity contribution < 1.29 is 18.3 Å². The lowest BCUT2D eigenvalue weighted by Crippen LogP contribution is -2.49. The molecule has 28 heavy (non-hydrogen) atoms. The van der Waals surface area contributed by atoms with Crippen molar-refractivity contribution in [3.8, 4) is 0 Å². The highest BCUT2D eigenvalue weighted by molar-refractivity contribution is 5.62. The van der Waals surface area contributed by atoms with E-state index in [1.165, 1.54) is 12.1 Å². The summed E-state index contributed by atoms with van der Waals surface area (Å²) in [5.41, 5.74) is 2.69. The molecule has 0 amide bonds. The van der Waals surface area contributed by atoms with E-state index in [4.69, 9.17) is 9.47 Å². The molecule has 150 valence electrons. The maximum Gasteiger partial charge on any atom is 0.149 e. The summed E-state index contributed by atoms with van der Waals surface area (Å²) in [6, 6.07) is 8.12. The summed E-state index contributed by atoms with van der Waals surface area (Å²) in [7, 11) is 1.88. The summed E-state index contributed by atoms with van der Waals surface area (Å²) < 4.78 is 39.7. The number of ether oxygens (including phenoxy) is 2. The van der Waals surface area contributed by atoms with E-state index in [1.54, 1.807) is 31.5 Å². The van der Waals surface area contributed by atoms with E-state index in [-0.39, 0.29) is 5.82 Å². The van der Waals surface area contributed by atoms with Gasteiger partial charge in [0.05, 0.1) is 26.2 Å². The number of aliphatic imine (C=N–C) groups is 1. The van der Waals surface area contributed by atoms with Gasteiger partial charge in [0.2, 0.25) is 0 Å². The fourth-order valence-electron chi connectivity index (χ4n) is 3.12. The number of nitrogens with zero attached hydrogens (tertiary/aromatic N) is 2. The molecule has 1 aliphatic rings. The molecule has 1 fully saturated rings. The smallest absolute Gasteiger partial charge is 0.149 e. The number of hydrogen-bond donors (Lipinski definition) is 0. The van der Waals surface area contributed by atoms with Crippen molar-refractivity contribution in [2.75, 3.05) is 26.8 Å². The molecule has 0 N–H and O–H groups in total. The van der Waals surface area contributed by atoms with Gasteiger partial charge in [-0.15, -0.1) is 0 Å². The summed E-state index contributed by atoms with van der Waals surface area (Å²) >= 11 is 0. The average Bonchev–Trinajstić information content (AvgIpc) is 2.64. The highest BCUT2D eigenvalue weighted by atomic mass is 19.1. The van der Waals surface area contributed by atoms with E-state index in [0.29, 0.717) is 31.1 Å². The quantitative estimate of drug-likeness (QED) is 0.512. The van der Waals surface area contributed by atoms with Crippen LogP contribution in [0.5, 0.6) is 0 Å². The zero-order valence-corrected chi connectivity index (χ0v) is 16.8. The SMILES string of the molecule is CCN(C)C=Nc1cc(C)c(C2(OCc3ccc(F)c(C)c3)COC2)cc1F. The van der Waals surface area contributed by atoms with Crippen molar-refractivity contribution in [3.05, 3.63) is 64.2 Å². The first-order valence-corrected chi connectivity index (χ1v) is 9.36. The van der Waals surface area contributed by atoms with Crippen molar-refractivity contribution in [2.45, 2.75) is 33.0 Å². The fourth-order valence-corrected chi connectivity index (χ4v) is 3.12. The molecule has 0 radical (unpaired) electrons. The summed E-state index contributed by atoms with van der Waals surface area (Å²) in [6.45, 7) is 7.44. The topological polar surface area (TPSA) is 34.1 Å². The van der Waals surface area contributed by atoms with Crippen molar-refractivity contribution in [3.63, 3.8) is 0 Å². The largest absolute Gasteiger partial charge is 0.375 e. The zero-order valence-electron chi connectivity index (χ0n) is 16.8. The first-order valence-electron chi connectivity index (χ1n) is 9.36. The maximum absolute atomic E-state index is 14.7. The maximum atomic E-state index is 14.7. The molecule has 6 heteroatoms. The van der Waals surface area contributed by atoms with Gasteiger partial charge in [-0.1, -0.05) is 12.1 Å². The van der Waals surface area contributed by atoms with Crippen LogP contribution in [0.3, 0.4) is 0 Å². The van der Waals surface area contributed by atoms with Gasteiger partial charge in [-0.2, -0.15) is 0 Å². The number of halogens is 2. The minimum absolute atomic E-state index is 0.242. The third kappa shape index (κ3) is 4.23. The van der Waals surface area contributed by atoms with E-state index < -0.39 is 11.4 Å². The second kappa shape index (κ2) is 8.37. The van der Waals surface area contributed by atoms with Gasteiger partial charge >= 0.3 is 0 Å². The van der Waals surface area contributed by atoms with Crippen LogP contribution in [0.25, 0.3) is 0 Å². The third-order valence-electron chi connectivity index (χ3n) is 5.09. The van der Waals surface area contributed by atoms with Crippen LogP contribution in [0.15, 0.2) is 35.3 Å². The normalized spacial score (nSPS) is 15.6. The predicted octanol–water partition coefficient (Wildman–Crippen LogP) is 4.64. The van der Waals surface area contributed by atoms with Crippen molar-refractivity contribution in [2.24, 2.45) is 4.99 Å². The summed E-state index contributed by atoms with van der Waals surface area (Å²) in [6.07, 6.45) is 1.62. The summed E-state index contributed by atoms with van der Waals surface area (Å²) in [5.74, 6) is -0.637. The van der Waals surface area contributed by atoms with Crippen LogP contribution in [0.4, 0.5) is 14.5 Å². The molecule has 0 aromatic heterocycles. The molecule has 4 nitrogen and oxygen atoms in total. The molecule has 0 unspecified atom stereocenters. The minimum atomic E-state index is -0.699. The Hall–Kier alpha value is -2.31. The Morgan fingerprint density at radius 1 is 1.14 bits per heavy atom. The Morgan fingerprint density at radius 3 is 2.50 bits per heavy atom. The molecule has 0 atom stereocenters. The van der Waals surface area contributed by atoms with Crippen LogP contribution in [-0.4, -0.2) is 38.0 Å². The van der Waals surface area contributed by atoms with Gasteiger partial charge in [-0.3, -0.25) is 0 Å². The molecule has 2 aromatic rings. The Bertz CT molecular complexity index is 879. The van der Waals surface area contributed by atoms with Crippen LogP contribution in [0.1, 0.15) is 29.2 Å². The number of rotatable bonds is 7. The van der Waals surface area contributed by atoms with Crippen LogP contribution < -0.4 is 0 Å². The third-order valence-corrected chi connectivity index (χ3v) is 5.09. The predicted molar refractivity (Wildman–Crippen MR) is 106 cm³/mol. The van der Waals surface area contributed by atoms with Gasteiger partial charge in [0.1, 0.15) is 22.9 Å². The Kier molecular flexibility index (Phi) is 6.10. The van der Waals surface area contributed by atoms with Gasteiger partial charge in [0, 0.05) is 13.6 Å². The number of aryl methyl sites for hydroxylation is 2. The Morgan fingerprint density at radius 2 is 1.89 bits per heavy atom. The Balaban J connectivity index is 1.82. The first-order chi connectivity index (χ1) is 13.3. The molecule has 0 aliphatic carbocycles. The number of hydrogen-bond acceptors (Lipinski definition) is 3. The van der Waals surface area contributed by atoms with Crippen molar-refractivity contribution in [1.82, 2.24) is 4.90 Å². The van der Waals surface area contributed by atoms with Gasteiger partial charge in [0.25, 0.3) is 0 Å². The summed E-state index contributed by atoms with van der Waals surface area (Å²) in [4.78, 5) is 6.11. The first kappa shape index (κ1) is 20.4. The van der Waals surface area contributed by atoms with E-state index in [9.17, 15) is 8.78 Å². The molecule has 0 saturated carbocycles. The molecule has 1 heterocycles. The van der Waals surface area contributed by atoms with Gasteiger partial charge < -0.3 is 14.4 Å². The van der Waals surface area contributed by atoms with Crippen LogP contribution in [-0.2, 0) is 21.7 Å². The molecule has 2 aromatic carbocycles. The zero-order chi connectivity index (χ0) is 20.3. The monoisotopic (exact) mass is 388 g/mol. The Labute approximate surface area is 164 Å². The molecule has 3 rings (SSSR count). The fraction of sp³-hybridized carbons (Fsp3) is 0.409. The van der Waals surface area contributed by atoms with E-state index in [1.807, 2.05) is 25.8 Å². The second-order valence-electron chi connectivity index (χ2n) is 7.30. The minimum Gasteiger partial charge on any atom is -0.375 e. The number of benzene rings is 2. The van der Waals surface area contributed by atoms with E-state index in [2.05, 4.69) is 4.99 Å². The van der Waals surface area contributed by atoms with Crippen LogP contribution in [0, 0.1) is 25.5 Å². The van der Waals surface area contributed by atoms with Crippen LogP contribution >= 0.6 is 0 Å². The van der Waals surface area contributed by atoms with Gasteiger partial charge in [-0.25, -0.2) is 13.8 Å². The lowest BCUT2D eigenvalue weighted by atomic mass is 9.87. The molecule has 1 aliphatic heterocycles. The molecular weight excluding hydrogens is 362 g/mol. The highest BCUT2D eigenvalue weighted by Gasteiger charge is 2.43. The van der Waals surface area contributed by atoms with Crippen molar-refractivity contribution in [1.29, 1.82) is 0 Å². The standard InChI is InChI=1S/C22H26F2N2O2/c1-5-26(4)14-25-21-9-15(2)18(10-20(21)24)22(12-27-13-22)28-11-17-6-7-19(23)16(3)8-17/h6-10,14H,5,11-13H2,1-4H3. The lowest BCUT2D eigenvalue weighted by molar-refractivity contribution is -0.223. The molecular formula is C22H26F2N2O2.